The van der Waals surface area contributed by atoms with Gasteiger partial charge in [0.25, 0.3) is 0 Å². The smallest absolute Gasteiger partial charge is 0.223 e. The third-order valence-electron chi connectivity index (χ3n) is 3.19. The highest BCUT2D eigenvalue weighted by Crippen LogP contribution is 2.15. The van der Waals surface area contributed by atoms with E-state index in [1.54, 1.807) is 0 Å². The predicted octanol–water partition coefficient (Wildman–Crippen LogP) is 1.82. The molecule has 2 N–H and O–H groups in total. The van der Waals surface area contributed by atoms with Gasteiger partial charge < -0.3 is 10.6 Å². The van der Waals surface area contributed by atoms with Crippen molar-refractivity contribution in [3.05, 3.63) is 0 Å². The first-order valence-electron chi connectivity index (χ1n) is 6.09. The molecule has 1 rings (SSSR count). The van der Waals surface area contributed by atoms with Crippen LogP contribution in [0.2, 0.25) is 0 Å². The van der Waals surface area contributed by atoms with E-state index in [1.807, 2.05) is 6.92 Å². The van der Waals surface area contributed by atoms with Crippen molar-refractivity contribution in [2.75, 3.05) is 19.6 Å². The van der Waals surface area contributed by atoms with Crippen LogP contribution in [-0.2, 0) is 4.79 Å². The Bertz CT molecular complexity index is 205. The molecule has 3 nitrogen and oxygen atoms in total. The van der Waals surface area contributed by atoms with Gasteiger partial charge in [-0.3, -0.25) is 4.79 Å². The Balaban J connectivity index is 0.00000225. The van der Waals surface area contributed by atoms with Crippen molar-refractivity contribution < 1.29 is 4.79 Å². The summed E-state index contributed by atoms with van der Waals surface area (Å²) in [5.41, 5.74) is 0. The molecule has 4 heteroatoms. The number of amides is 1. The van der Waals surface area contributed by atoms with Crippen LogP contribution >= 0.6 is 12.4 Å². The van der Waals surface area contributed by atoms with E-state index in [4.69, 9.17) is 0 Å². The number of hydrogen-bond acceptors (Lipinski definition) is 2. The summed E-state index contributed by atoms with van der Waals surface area (Å²) in [7, 11) is 0. The second-order valence-electron chi connectivity index (χ2n) is 5.03. The van der Waals surface area contributed by atoms with E-state index in [0.29, 0.717) is 5.92 Å². The van der Waals surface area contributed by atoms with Gasteiger partial charge in [0.15, 0.2) is 0 Å². The van der Waals surface area contributed by atoms with Gasteiger partial charge in [0.05, 0.1) is 0 Å². The molecule has 1 saturated heterocycles. The molecule has 0 saturated carbocycles. The molecule has 0 aromatic heterocycles. The van der Waals surface area contributed by atoms with Crippen molar-refractivity contribution >= 4 is 18.3 Å². The molecule has 1 aliphatic rings. The Morgan fingerprint density at radius 1 is 1.38 bits per heavy atom. The summed E-state index contributed by atoms with van der Waals surface area (Å²) in [5.74, 6) is 1.68. The van der Waals surface area contributed by atoms with Crippen molar-refractivity contribution in [2.45, 2.75) is 33.6 Å². The molecule has 16 heavy (non-hydrogen) atoms. The van der Waals surface area contributed by atoms with E-state index < -0.39 is 0 Å². The molecule has 1 atom stereocenters. The van der Waals surface area contributed by atoms with Gasteiger partial charge in [0.2, 0.25) is 5.91 Å². The number of hydrogen-bond donors (Lipinski definition) is 2. The lowest BCUT2D eigenvalue weighted by Crippen LogP contribution is -2.49. The molecule has 0 radical (unpaired) electrons. The number of carbonyl (C=O) groups excluding carboxylic acids is 1. The van der Waals surface area contributed by atoms with Gasteiger partial charge in [-0.1, -0.05) is 20.8 Å². The SMILES string of the molecule is CC(C)CCCNC(=O)C(C)C1CNC1.Cl. The molecule has 0 aliphatic carbocycles. The standard InChI is InChI=1S/C12H24N2O.ClH/c1-9(2)5-4-6-14-12(15)10(3)11-7-13-8-11;/h9-11,13H,4-8H2,1-3H3,(H,14,15);1H. The van der Waals surface area contributed by atoms with Crippen LogP contribution in [0.25, 0.3) is 0 Å². The molecule has 0 aromatic carbocycles. The van der Waals surface area contributed by atoms with Crippen LogP contribution in [0.5, 0.6) is 0 Å². The fraction of sp³-hybridized carbons (Fsp3) is 0.917. The Labute approximate surface area is 105 Å². The maximum absolute atomic E-state index is 11.7. The summed E-state index contributed by atoms with van der Waals surface area (Å²) < 4.78 is 0. The topological polar surface area (TPSA) is 41.1 Å². The van der Waals surface area contributed by atoms with Crippen LogP contribution in [0, 0.1) is 17.8 Å². The third kappa shape index (κ3) is 5.17. The van der Waals surface area contributed by atoms with Crippen LogP contribution in [0.15, 0.2) is 0 Å². The van der Waals surface area contributed by atoms with Gasteiger partial charge >= 0.3 is 0 Å². The van der Waals surface area contributed by atoms with Crippen molar-refractivity contribution in [1.29, 1.82) is 0 Å². The Kier molecular flexibility index (Phi) is 7.77. The molecule has 1 aliphatic heterocycles. The van der Waals surface area contributed by atoms with Gasteiger partial charge in [-0.05, 0) is 37.8 Å². The van der Waals surface area contributed by atoms with E-state index in [1.165, 1.54) is 6.42 Å². The van der Waals surface area contributed by atoms with Crippen LogP contribution < -0.4 is 10.6 Å². The van der Waals surface area contributed by atoms with Gasteiger partial charge in [0, 0.05) is 12.5 Å². The van der Waals surface area contributed by atoms with Crippen LogP contribution in [-0.4, -0.2) is 25.5 Å². The van der Waals surface area contributed by atoms with Gasteiger partial charge in [-0.25, -0.2) is 0 Å². The summed E-state index contributed by atoms with van der Waals surface area (Å²) in [5, 5.41) is 6.22. The summed E-state index contributed by atoms with van der Waals surface area (Å²) >= 11 is 0. The number of nitrogens with one attached hydrogen (secondary N) is 2. The average Bonchev–Trinajstić information content (AvgIpc) is 2.08. The van der Waals surface area contributed by atoms with E-state index >= 15 is 0 Å². The lowest BCUT2D eigenvalue weighted by molar-refractivity contribution is -0.126. The largest absolute Gasteiger partial charge is 0.356 e. The number of carbonyl (C=O) groups is 1. The average molecular weight is 249 g/mol. The summed E-state index contributed by atoms with van der Waals surface area (Å²) in [4.78, 5) is 11.7. The molecule has 1 fully saturated rings. The van der Waals surface area contributed by atoms with Gasteiger partial charge in [-0.15, -0.1) is 12.4 Å². The van der Waals surface area contributed by atoms with Crippen molar-refractivity contribution in [1.82, 2.24) is 10.6 Å². The minimum Gasteiger partial charge on any atom is -0.356 e. The van der Waals surface area contributed by atoms with E-state index in [-0.39, 0.29) is 24.2 Å². The molecular formula is C12H25ClN2O. The molecule has 96 valence electrons. The molecular weight excluding hydrogens is 224 g/mol. The van der Waals surface area contributed by atoms with Gasteiger partial charge in [-0.2, -0.15) is 0 Å². The van der Waals surface area contributed by atoms with Crippen molar-refractivity contribution in [3.63, 3.8) is 0 Å². The monoisotopic (exact) mass is 248 g/mol. The second kappa shape index (κ2) is 7.91. The molecule has 0 spiro atoms. The first-order chi connectivity index (χ1) is 7.11. The molecule has 0 bridgehead atoms. The van der Waals surface area contributed by atoms with Crippen LogP contribution in [0.3, 0.4) is 0 Å². The zero-order valence-electron chi connectivity index (χ0n) is 10.6. The van der Waals surface area contributed by atoms with Crippen molar-refractivity contribution in [2.24, 2.45) is 17.8 Å². The maximum atomic E-state index is 11.7. The Hall–Kier alpha value is -0.280. The molecule has 0 aromatic rings. The minimum absolute atomic E-state index is 0. The molecule has 1 heterocycles. The normalized spacial score (nSPS) is 17.5. The van der Waals surface area contributed by atoms with E-state index in [9.17, 15) is 4.79 Å². The zero-order valence-corrected chi connectivity index (χ0v) is 11.4. The maximum Gasteiger partial charge on any atom is 0.223 e. The lowest BCUT2D eigenvalue weighted by atomic mass is 9.88. The van der Waals surface area contributed by atoms with Crippen LogP contribution in [0.1, 0.15) is 33.6 Å². The Morgan fingerprint density at radius 3 is 2.44 bits per heavy atom. The first kappa shape index (κ1) is 15.7. The first-order valence-corrected chi connectivity index (χ1v) is 6.09. The van der Waals surface area contributed by atoms with E-state index in [0.717, 1.165) is 32.0 Å². The third-order valence-corrected chi connectivity index (χ3v) is 3.19. The van der Waals surface area contributed by atoms with Crippen molar-refractivity contribution in [3.8, 4) is 0 Å². The van der Waals surface area contributed by atoms with Gasteiger partial charge in [0.1, 0.15) is 0 Å². The summed E-state index contributed by atoms with van der Waals surface area (Å²) in [6.45, 7) is 9.29. The summed E-state index contributed by atoms with van der Waals surface area (Å²) in [6, 6.07) is 0. The van der Waals surface area contributed by atoms with E-state index in [2.05, 4.69) is 24.5 Å². The second-order valence-corrected chi connectivity index (χ2v) is 5.03. The predicted molar refractivity (Wildman–Crippen MR) is 69.9 cm³/mol. The fourth-order valence-corrected chi connectivity index (χ4v) is 1.76. The number of rotatable bonds is 6. The van der Waals surface area contributed by atoms with Crippen LogP contribution in [0.4, 0.5) is 0 Å². The minimum atomic E-state index is 0. The molecule has 1 amide bonds. The highest BCUT2D eigenvalue weighted by molar-refractivity contribution is 5.85. The highest BCUT2D eigenvalue weighted by atomic mass is 35.5. The summed E-state index contributed by atoms with van der Waals surface area (Å²) in [6.07, 6.45) is 2.29. The quantitative estimate of drug-likeness (QED) is 0.704. The lowest BCUT2D eigenvalue weighted by Gasteiger charge is -2.31. The Morgan fingerprint density at radius 2 is 2.00 bits per heavy atom. The highest BCUT2D eigenvalue weighted by Gasteiger charge is 2.28. The fourth-order valence-electron chi connectivity index (χ4n) is 1.76. The number of halogens is 1. The zero-order chi connectivity index (χ0) is 11.3. The molecule has 1 unspecified atom stereocenters.